The van der Waals surface area contributed by atoms with E-state index in [9.17, 15) is 4.79 Å². The number of carbonyl (C=O) groups is 1. The maximum atomic E-state index is 12.9. The first-order chi connectivity index (χ1) is 16.1. The Bertz CT molecular complexity index is 1030. The number of nitrogens with one attached hydrogen (secondary N) is 1. The quantitative estimate of drug-likeness (QED) is 0.565. The van der Waals surface area contributed by atoms with Crippen LogP contribution in [0.3, 0.4) is 0 Å². The number of hydrogen-bond acceptors (Lipinski definition) is 7. The molecule has 1 aromatic carbocycles. The van der Waals surface area contributed by atoms with Gasteiger partial charge in [0.1, 0.15) is 17.7 Å². The molecule has 2 aromatic heterocycles. The van der Waals surface area contributed by atoms with Crippen molar-refractivity contribution in [2.75, 3.05) is 50.6 Å². The molecule has 1 aliphatic rings. The van der Waals surface area contributed by atoms with Gasteiger partial charge in [-0.3, -0.25) is 9.78 Å². The van der Waals surface area contributed by atoms with Gasteiger partial charge in [-0.1, -0.05) is 6.07 Å². The van der Waals surface area contributed by atoms with Gasteiger partial charge in [-0.25, -0.2) is 4.98 Å². The Morgan fingerprint density at radius 2 is 2.03 bits per heavy atom. The number of rotatable bonds is 8. The second kappa shape index (κ2) is 10.8. The van der Waals surface area contributed by atoms with Crippen molar-refractivity contribution >= 4 is 23.1 Å². The molecule has 0 unspecified atom stereocenters. The molecule has 0 aliphatic carbocycles. The first-order valence-corrected chi connectivity index (χ1v) is 11.0. The van der Waals surface area contributed by atoms with Crippen molar-refractivity contribution in [2.24, 2.45) is 0 Å². The number of aromatic nitrogens is 2. The van der Waals surface area contributed by atoms with Gasteiger partial charge in [0.15, 0.2) is 0 Å². The van der Waals surface area contributed by atoms with Gasteiger partial charge in [0.2, 0.25) is 5.91 Å². The number of benzene rings is 1. The molecule has 8 nitrogen and oxygen atoms in total. The minimum atomic E-state index is -0.231. The van der Waals surface area contributed by atoms with E-state index in [-0.39, 0.29) is 12.0 Å². The van der Waals surface area contributed by atoms with E-state index < -0.39 is 0 Å². The van der Waals surface area contributed by atoms with Gasteiger partial charge < -0.3 is 24.6 Å². The standard InChI is InChI=1S/C25H29N5O3/c1-29(20-7-9-21(32-2)10-8-20)14-12-25(31)30-15-16-33-23(18-30)22-11-6-19(17-27-22)28-24-5-3-4-13-26-24/h3-11,13,17,23H,12,14-16,18H2,1-2H3,(H,26,28)/t23-/m0/s1. The van der Waals surface area contributed by atoms with Crippen LogP contribution in [0.4, 0.5) is 17.2 Å². The predicted octanol–water partition coefficient (Wildman–Crippen LogP) is 3.66. The van der Waals surface area contributed by atoms with Gasteiger partial charge in [0.05, 0.1) is 37.8 Å². The van der Waals surface area contributed by atoms with Crippen molar-refractivity contribution < 1.29 is 14.3 Å². The van der Waals surface area contributed by atoms with E-state index >= 15 is 0 Å². The maximum Gasteiger partial charge on any atom is 0.224 e. The number of nitrogens with zero attached hydrogens (tertiary/aromatic N) is 4. The predicted molar refractivity (Wildman–Crippen MR) is 128 cm³/mol. The summed E-state index contributed by atoms with van der Waals surface area (Å²) in [7, 11) is 3.64. The fourth-order valence-electron chi connectivity index (χ4n) is 3.70. The molecule has 1 aliphatic heterocycles. The van der Waals surface area contributed by atoms with Crippen LogP contribution < -0.4 is 15.0 Å². The van der Waals surface area contributed by atoms with Crippen LogP contribution in [0.15, 0.2) is 67.0 Å². The topological polar surface area (TPSA) is 79.8 Å². The van der Waals surface area contributed by atoms with Crippen LogP contribution in [-0.2, 0) is 9.53 Å². The molecule has 1 fully saturated rings. The molecule has 0 spiro atoms. The molecule has 1 N–H and O–H groups in total. The number of amides is 1. The van der Waals surface area contributed by atoms with Gasteiger partial charge in [-0.15, -0.1) is 0 Å². The molecule has 3 aromatic rings. The van der Waals surface area contributed by atoms with Gasteiger partial charge in [0, 0.05) is 38.4 Å². The van der Waals surface area contributed by atoms with Crippen molar-refractivity contribution in [3.8, 4) is 5.75 Å². The third kappa shape index (κ3) is 5.98. The van der Waals surface area contributed by atoms with Crippen molar-refractivity contribution in [3.05, 3.63) is 72.7 Å². The number of anilines is 3. The highest BCUT2D eigenvalue weighted by molar-refractivity contribution is 5.77. The zero-order valence-corrected chi connectivity index (χ0v) is 19.0. The molecule has 4 rings (SSSR count). The average Bonchev–Trinajstić information content (AvgIpc) is 2.88. The first-order valence-electron chi connectivity index (χ1n) is 11.0. The van der Waals surface area contributed by atoms with Crippen LogP contribution in [-0.4, -0.2) is 61.2 Å². The van der Waals surface area contributed by atoms with Crippen molar-refractivity contribution in [3.63, 3.8) is 0 Å². The molecule has 33 heavy (non-hydrogen) atoms. The fourth-order valence-corrected chi connectivity index (χ4v) is 3.70. The summed E-state index contributed by atoms with van der Waals surface area (Å²) in [4.78, 5) is 25.6. The summed E-state index contributed by atoms with van der Waals surface area (Å²) >= 11 is 0. The molecule has 1 atom stereocenters. The van der Waals surface area contributed by atoms with Crippen molar-refractivity contribution in [1.29, 1.82) is 0 Å². The molecule has 3 heterocycles. The van der Waals surface area contributed by atoms with E-state index in [1.807, 2.05) is 66.5 Å². The maximum absolute atomic E-state index is 12.9. The summed E-state index contributed by atoms with van der Waals surface area (Å²) in [5.41, 5.74) is 2.71. The van der Waals surface area contributed by atoms with Crippen LogP contribution in [0.2, 0.25) is 0 Å². The Morgan fingerprint density at radius 1 is 1.18 bits per heavy atom. The van der Waals surface area contributed by atoms with Crippen LogP contribution in [0.5, 0.6) is 5.75 Å². The SMILES string of the molecule is COc1ccc(N(C)CCC(=O)N2CCO[C@H](c3ccc(Nc4ccccn4)cn3)C2)cc1. The molecule has 1 saturated heterocycles. The zero-order chi connectivity index (χ0) is 23.0. The molecular weight excluding hydrogens is 418 g/mol. The minimum Gasteiger partial charge on any atom is -0.497 e. The molecule has 0 bridgehead atoms. The van der Waals surface area contributed by atoms with E-state index in [0.717, 1.165) is 28.6 Å². The Kier molecular flexibility index (Phi) is 7.36. The summed E-state index contributed by atoms with van der Waals surface area (Å²) in [5, 5.41) is 3.22. The second-order valence-electron chi connectivity index (χ2n) is 7.88. The van der Waals surface area contributed by atoms with Gasteiger partial charge in [-0.05, 0) is 48.5 Å². The van der Waals surface area contributed by atoms with E-state index in [2.05, 4.69) is 20.2 Å². The summed E-state index contributed by atoms with van der Waals surface area (Å²) in [6, 6.07) is 17.4. The second-order valence-corrected chi connectivity index (χ2v) is 7.88. The fraction of sp³-hybridized carbons (Fsp3) is 0.320. The third-order valence-electron chi connectivity index (χ3n) is 5.65. The minimum absolute atomic E-state index is 0.122. The van der Waals surface area contributed by atoms with E-state index in [4.69, 9.17) is 9.47 Å². The largest absolute Gasteiger partial charge is 0.497 e. The smallest absolute Gasteiger partial charge is 0.224 e. The Labute approximate surface area is 194 Å². The monoisotopic (exact) mass is 447 g/mol. The molecule has 0 radical (unpaired) electrons. The summed E-state index contributed by atoms with van der Waals surface area (Å²) in [5.74, 6) is 1.70. The molecule has 172 valence electrons. The molecule has 8 heteroatoms. The summed E-state index contributed by atoms with van der Waals surface area (Å²) < 4.78 is 11.1. The van der Waals surface area contributed by atoms with Crippen LogP contribution in [0.1, 0.15) is 18.2 Å². The molecule has 0 saturated carbocycles. The number of pyridine rings is 2. The summed E-state index contributed by atoms with van der Waals surface area (Å²) in [6.45, 7) is 2.24. The van der Waals surface area contributed by atoms with Gasteiger partial charge in [-0.2, -0.15) is 0 Å². The van der Waals surface area contributed by atoms with E-state index in [1.54, 1.807) is 19.5 Å². The molecular formula is C25H29N5O3. The first kappa shape index (κ1) is 22.5. The van der Waals surface area contributed by atoms with E-state index in [0.29, 0.717) is 32.7 Å². The lowest BCUT2D eigenvalue weighted by atomic mass is 10.1. The van der Waals surface area contributed by atoms with Crippen molar-refractivity contribution in [2.45, 2.75) is 12.5 Å². The van der Waals surface area contributed by atoms with Crippen molar-refractivity contribution in [1.82, 2.24) is 14.9 Å². The number of ether oxygens (including phenoxy) is 2. The average molecular weight is 448 g/mol. The summed E-state index contributed by atoms with van der Waals surface area (Å²) in [6.07, 6.45) is 3.71. The lowest BCUT2D eigenvalue weighted by Crippen LogP contribution is -2.43. The highest BCUT2D eigenvalue weighted by Gasteiger charge is 2.26. The lowest BCUT2D eigenvalue weighted by molar-refractivity contribution is -0.138. The Balaban J connectivity index is 1.29. The third-order valence-corrected chi connectivity index (χ3v) is 5.65. The highest BCUT2D eigenvalue weighted by Crippen LogP contribution is 2.23. The van der Waals surface area contributed by atoms with Crippen LogP contribution >= 0.6 is 0 Å². The number of carbonyl (C=O) groups excluding carboxylic acids is 1. The zero-order valence-electron chi connectivity index (χ0n) is 19.0. The Morgan fingerprint density at radius 3 is 2.73 bits per heavy atom. The Hall–Kier alpha value is -3.65. The number of morpholine rings is 1. The normalized spacial score (nSPS) is 15.7. The van der Waals surface area contributed by atoms with Gasteiger partial charge >= 0.3 is 0 Å². The number of hydrogen-bond donors (Lipinski definition) is 1. The van der Waals surface area contributed by atoms with E-state index in [1.165, 1.54) is 0 Å². The van der Waals surface area contributed by atoms with Crippen LogP contribution in [0.25, 0.3) is 0 Å². The number of methoxy groups -OCH3 is 1. The highest BCUT2D eigenvalue weighted by atomic mass is 16.5. The molecule has 1 amide bonds. The van der Waals surface area contributed by atoms with Gasteiger partial charge in [0.25, 0.3) is 0 Å². The lowest BCUT2D eigenvalue weighted by Gasteiger charge is -2.33. The van der Waals surface area contributed by atoms with Crippen LogP contribution in [0, 0.1) is 0 Å².